The summed E-state index contributed by atoms with van der Waals surface area (Å²) >= 11 is 0.983. The minimum Gasteiger partial charge on any atom is -0.497 e. The van der Waals surface area contributed by atoms with Crippen molar-refractivity contribution < 1.29 is 19.4 Å². The zero-order valence-corrected chi connectivity index (χ0v) is 20.0. The van der Waals surface area contributed by atoms with Crippen LogP contribution >= 0.6 is 11.8 Å². The van der Waals surface area contributed by atoms with E-state index in [1.165, 1.54) is 0 Å². The minimum absolute atomic E-state index is 0.113. The van der Waals surface area contributed by atoms with Gasteiger partial charge in [0, 0.05) is 28.7 Å². The highest BCUT2D eigenvalue weighted by Crippen LogP contribution is 2.32. The van der Waals surface area contributed by atoms with Gasteiger partial charge in [0.2, 0.25) is 5.16 Å². The summed E-state index contributed by atoms with van der Waals surface area (Å²) in [5, 5.41) is 17.2. The van der Waals surface area contributed by atoms with Crippen molar-refractivity contribution >= 4 is 23.8 Å². The smallest absolute Gasteiger partial charge is 0.342 e. The Labute approximate surface area is 201 Å². The molecule has 9 heteroatoms. The summed E-state index contributed by atoms with van der Waals surface area (Å²) in [6.45, 7) is 3.96. The molecule has 0 unspecified atom stereocenters. The third kappa shape index (κ3) is 4.84. The molecule has 4 aromatic rings. The number of aromatic amines is 1. The molecule has 2 N–H and O–H groups in total. The summed E-state index contributed by atoms with van der Waals surface area (Å²) in [4.78, 5) is 16.6. The number of aryl methyl sites for hydroxylation is 1. The number of H-pyrrole nitrogens is 1. The molecular weight excluding hydrogens is 452 g/mol. The van der Waals surface area contributed by atoms with Gasteiger partial charge in [0.05, 0.1) is 14.2 Å². The summed E-state index contributed by atoms with van der Waals surface area (Å²) < 4.78 is 12.7. The number of thioether (sulfide) groups is 1. The Hall–Kier alpha value is -3.98. The maximum absolute atomic E-state index is 12.0. The van der Waals surface area contributed by atoms with E-state index in [0.29, 0.717) is 28.0 Å². The molecular formula is C25H24N4O4S. The molecule has 4 rings (SSSR count). The van der Waals surface area contributed by atoms with E-state index >= 15 is 0 Å². The highest BCUT2D eigenvalue weighted by atomic mass is 32.2. The van der Waals surface area contributed by atoms with E-state index in [-0.39, 0.29) is 4.91 Å². The first-order chi connectivity index (χ1) is 16.4. The monoisotopic (exact) mass is 476 g/mol. The molecule has 0 atom stereocenters. The van der Waals surface area contributed by atoms with Crippen LogP contribution < -0.4 is 9.47 Å². The second-order valence-corrected chi connectivity index (χ2v) is 8.49. The Balaban J connectivity index is 1.64. The van der Waals surface area contributed by atoms with Crippen LogP contribution in [0.2, 0.25) is 0 Å². The maximum Gasteiger partial charge on any atom is 0.342 e. The van der Waals surface area contributed by atoms with Crippen LogP contribution in [-0.2, 0) is 4.79 Å². The predicted octanol–water partition coefficient (Wildman–Crippen LogP) is 5.11. The zero-order valence-electron chi connectivity index (χ0n) is 19.2. The normalized spacial score (nSPS) is 11.5. The van der Waals surface area contributed by atoms with Gasteiger partial charge in [-0.2, -0.15) is 0 Å². The molecule has 2 aromatic heterocycles. The van der Waals surface area contributed by atoms with Crippen LogP contribution in [0.15, 0.2) is 64.7 Å². The molecule has 0 radical (unpaired) electrons. The summed E-state index contributed by atoms with van der Waals surface area (Å²) in [5.74, 6) is 0.648. The summed E-state index contributed by atoms with van der Waals surface area (Å²) in [6.07, 6.45) is 1.65. The molecule has 0 fully saturated rings. The number of benzene rings is 2. The molecule has 2 heterocycles. The van der Waals surface area contributed by atoms with Crippen molar-refractivity contribution in [3.05, 3.63) is 76.5 Å². The number of aromatic nitrogens is 4. The van der Waals surface area contributed by atoms with E-state index in [9.17, 15) is 9.90 Å². The molecule has 0 bridgehead atoms. The second-order valence-electron chi connectivity index (χ2n) is 7.48. The number of ether oxygens (including phenoxy) is 2. The molecule has 0 aliphatic heterocycles. The van der Waals surface area contributed by atoms with Crippen LogP contribution in [0.5, 0.6) is 11.5 Å². The topological polar surface area (TPSA) is 102 Å². The predicted molar refractivity (Wildman–Crippen MR) is 132 cm³/mol. The number of nitrogens with one attached hydrogen (secondary N) is 1. The standard InChI is InChI=1S/C25H24N4O4S/c1-15-10-17(16(2)29(15)19-8-6-5-7-9-19)13-22(24(30)31)34-25-26-23(27-28-25)18-11-20(32-3)14-21(12-18)33-4/h5-14H,1-4H3,(H,30,31)(H,26,27,28)/b22-13-. The van der Waals surface area contributed by atoms with Crippen molar-refractivity contribution in [2.75, 3.05) is 14.2 Å². The van der Waals surface area contributed by atoms with Crippen molar-refractivity contribution in [1.82, 2.24) is 19.7 Å². The molecule has 174 valence electrons. The average Bonchev–Trinajstić information content (AvgIpc) is 3.42. The molecule has 0 amide bonds. The number of nitrogens with zero attached hydrogens (tertiary/aromatic N) is 3. The fraction of sp³-hybridized carbons (Fsp3) is 0.160. The number of carboxylic acid groups (broad SMARTS) is 1. The second kappa shape index (κ2) is 9.88. The number of hydrogen-bond donors (Lipinski definition) is 2. The fourth-order valence-corrected chi connectivity index (χ4v) is 4.35. The SMILES string of the molecule is COc1cc(OC)cc(-c2nc(S/C(=C\c3cc(C)n(-c4ccccc4)c3C)C(=O)O)n[nH]2)c1. The third-order valence-electron chi connectivity index (χ3n) is 5.27. The Morgan fingerprint density at radius 2 is 1.74 bits per heavy atom. The van der Waals surface area contributed by atoms with Crippen LogP contribution in [0.25, 0.3) is 23.2 Å². The number of para-hydroxylation sites is 1. The molecule has 34 heavy (non-hydrogen) atoms. The number of carboxylic acids is 1. The van der Waals surface area contributed by atoms with E-state index in [2.05, 4.69) is 19.7 Å². The van der Waals surface area contributed by atoms with Crippen molar-refractivity contribution in [3.63, 3.8) is 0 Å². The Bertz CT molecular complexity index is 1340. The van der Waals surface area contributed by atoms with Crippen LogP contribution in [0.1, 0.15) is 17.0 Å². The van der Waals surface area contributed by atoms with E-state index in [1.54, 1.807) is 38.5 Å². The fourth-order valence-electron chi connectivity index (χ4n) is 3.65. The molecule has 8 nitrogen and oxygen atoms in total. The number of carbonyl (C=O) groups is 1. The lowest BCUT2D eigenvalue weighted by Gasteiger charge is -2.09. The van der Waals surface area contributed by atoms with E-state index < -0.39 is 5.97 Å². The maximum atomic E-state index is 12.0. The van der Waals surface area contributed by atoms with Gasteiger partial charge in [-0.25, -0.2) is 9.78 Å². The lowest BCUT2D eigenvalue weighted by molar-refractivity contribution is -0.131. The lowest BCUT2D eigenvalue weighted by Crippen LogP contribution is -1.99. The van der Waals surface area contributed by atoms with E-state index in [1.807, 2.05) is 50.2 Å². The lowest BCUT2D eigenvalue weighted by atomic mass is 10.2. The summed E-state index contributed by atoms with van der Waals surface area (Å²) in [5.41, 5.74) is 4.51. The van der Waals surface area contributed by atoms with Gasteiger partial charge in [0.15, 0.2) is 5.82 Å². The zero-order chi connectivity index (χ0) is 24.2. The first-order valence-corrected chi connectivity index (χ1v) is 11.2. The molecule has 0 aliphatic rings. The Kier molecular flexibility index (Phi) is 6.74. The van der Waals surface area contributed by atoms with Gasteiger partial charge in [-0.3, -0.25) is 5.10 Å². The Morgan fingerprint density at radius 3 is 2.35 bits per heavy atom. The van der Waals surface area contributed by atoms with Gasteiger partial charge in [-0.15, -0.1) is 5.10 Å². The van der Waals surface area contributed by atoms with Crippen LogP contribution in [0.3, 0.4) is 0 Å². The summed E-state index contributed by atoms with van der Waals surface area (Å²) in [6, 6.07) is 17.3. The van der Waals surface area contributed by atoms with Gasteiger partial charge in [-0.05, 0) is 67.6 Å². The van der Waals surface area contributed by atoms with Gasteiger partial charge in [0.1, 0.15) is 16.4 Å². The number of rotatable bonds is 8. The third-order valence-corrected chi connectivity index (χ3v) is 6.15. The largest absolute Gasteiger partial charge is 0.497 e. The first-order valence-electron chi connectivity index (χ1n) is 10.4. The number of methoxy groups -OCH3 is 2. The molecule has 0 saturated heterocycles. The van der Waals surface area contributed by atoms with Gasteiger partial charge < -0.3 is 19.1 Å². The van der Waals surface area contributed by atoms with Gasteiger partial charge in [-0.1, -0.05) is 18.2 Å². The van der Waals surface area contributed by atoms with Crippen LogP contribution in [0.4, 0.5) is 0 Å². The molecule has 0 spiro atoms. The molecule has 0 saturated carbocycles. The van der Waals surface area contributed by atoms with Gasteiger partial charge in [0.25, 0.3) is 0 Å². The molecule has 0 aliphatic carbocycles. The van der Waals surface area contributed by atoms with Crippen molar-refractivity contribution in [1.29, 1.82) is 0 Å². The Morgan fingerprint density at radius 1 is 1.06 bits per heavy atom. The quantitative estimate of drug-likeness (QED) is 0.269. The molecule has 2 aromatic carbocycles. The number of aliphatic carboxylic acids is 1. The highest BCUT2D eigenvalue weighted by Gasteiger charge is 2.17. The van der Waals surface area contributed by atoms with Crippen molar-refractivity contribution in [3.8, 4) is 28.6 Å². The van der Waals surface area contributed by atoms with Crippen molar-refractivity contribution in [2.24, 2.45) is 0 Å². The van der Waals surface area contributed by atoms with E-state index in [4.69, 9.17) is 9.47 Å². The highest BCUT2D eigenvalue weighted by molar-refractivity contribution is 8.04. The van der Waals surface area contributed by atoms with Crippen molar-refractivity contribution in [2.45, 2.75) is 19.0 Å². The van der Waals surface area contributed by atoms with E-state index in [0.717, 1.165) is 34.4 Å². The van der Waals surface area contributed by atoms with Crippen LogP contribution in [-0.4, -0.2) is 45.0 Å². The van der Waals surface area contributed by atoms with Crippen LogP contribution in [0, 0.1) is 13.8 Å². The summed E-state index contributed by atoms with van der Waals surface area (Å²) in [7, 11) is 3.14. The number of hydrogen-bond acceptors (Lipinski definition) is 6. The van der Waals surface area contributed by atoms with Gasteiger partial charge >= 0.3 is 5.97 Å². The first kappa shape index (κ1) is 23.2. The average molecular weight is 477 g/mol. The minimum atomic E-state index is -1.05.